The highest BCUT2D eigenvalue weighted by Gasteiger charge is 2.12. The molecule has 1 aromatic heterocycles. The molecule has 170 valence electrons. The number of aryl methyl sites for hydroxylation is 2. The van der Waals surface area contributed by atoms with Gasteiger partial charge in [-0.3, -0.25) is 10.1 Å². The Hall–Kier alpha value is -3.83. The second-order valence-electron chi connectivity index (χ2n) is 7.19. The number of carbonyl (C=O) groups is 1. The van der Waals surface area contributed by atoms with Crippen LogP contribution in [0.3, 0.4) is 0 Å². The van der Waals surface area contributed by atoms with E-state index in [-0.39, 0.29) is 5.57 Å². The average Bonchev–Trinajstić information content (AvgIpc) is 3.32. The number of nitrogens with one attached hydrogen (secondary N) is 1. The number of aromatic nitrogens is 1. The van der Waals surface area contributed by atoms with Crippen LogP contribution in [0, 0.1) is 25.2 Å². The minimum absolute atomic E-state index is 0.0375. The van der Waals surface area contributed by atoms with Gasteiger partial charge in [-0.05, 0) is 49.2 Å². The Morgan fingerprint density at radius 2 is 1.88 bits per heavy atom. The van der Waals surface area contributed by atoms with Crippen molar-refractivity contribution < 1.29 is 19.0 Å². The Morgan fingerprint density at radius 3 is 2.55 bits per heavy atom. The van der Waals surface area contributed by atoms with Gasteiger partial charge in [-0.25, -0.2) is 4.98 Å². The molecule has 0 aliphatic rings. The number of nitriles is 1. The van der Waals surface area contributed by atoms with E-state index in [1.165, 1.54) is 23.0 Å². The lowest BCUT2D eigenvalue weighted by molar-refractivity contribution is -0.112. The number of amides is 1. The molecule has 0 atom stereocenters. The Morgan fingerprint density at radius 1 is 1.12 bits per heavy atom. The predicted molar refractivity (Wildman–Crippen MR) is 129 cm³/mol. The molecule has 33 heavy (non-hydrogen) atoms. The Balaban J connectivity index is 1.56. The maximum absolute atomic E-state index is 12.3. The van der Waals surface area contributed by atoms with Crippen LogP contribution in [0.25, 0.3) is 6.08 Å². The molecule has 0 spiro atoms. The number of benzene rings is 2. The quantitative estimate of drug-likeness (QED) is 0.254. The monoisotopic (exact) mass is 463 g/mol. The molecule has 1 amide bonds. The van der Waals surface area contributed by atoms with Crippen molar-refractivity contribution in [3.05, 3.63) is 70.2 Å². The number of carbonyl (C=O) groups excluding carboxylic acids is 1. The van der Waals surface area contributed by atoms with Gasteiger partial charge in [-0.15, -0.1) is 11.3 Å². The van der Waals surface area contributed by atoms with Crippen molar-refractivity contribution in [1.29, 1.82) is 5.26 Å². The Labute approximate surface area is 197 Å². The molecule has 0 fully saturated rings. The van der Waals surface area contributed by atoms with Gasteiger partial charge in [0.25, 0.3) is 5.91 Å². The molecule has 1 heterocycles. The maximum atomic E-state index is 12.3. The van der Waals surface area contributed by atoms with Gasteiger partial charge < -0.3 is 14.2 Å². The molecule has 7 nitrogen and oxygen atoms in total. The van der Waals surface area contributed by atoms with E-state index in [0.717, 1.165) is 11.3 Å². The average molecular weight is 464 g/mol. The van der Waals surface area contributed by atoms with Crippen LogP contribution in [0.2, 0.25) is 0 Å². The van der Waals surface area contributed by atoms with Gasteiger partial charge in [0.2, 0.25) is 0 Å². The van der Waals surface area contributed by atoms with Crippen molar-refractivity contribution in [2.45, 2.75) is 20.3 Å². The van der Waals surface area contributed by atoms with Gasteiger partial charge in [0.1, 0.15) is 17.4 Å². The van der Waals surface area contributed by atoms with E-state index in [1.807, 2.05) is 25.1 Å². The second kappa shape index (κ2) is 11.7. The predicted octanol–water partition coefficient (Wildman–Crippen LogP) is 5.16. The molecule has 2 aromatic carbocycles. The van der Waals surface area contributed by atoms with Crippen molar-refractivity contribution in [3.8, 4) is 23.3 Å². The minimum Gasteiger partial charge on any atom is -0.493 e. The fourth-order valence-electron chi connectivity index (χ4n) is 3.04. The molecule has 8 heteroatoms. The zero-order chi connectivity index (χ0) is 23.6. The lowest BCUT2D eigenvalue weighted by Crippen LogP contribution is -2.13. The van der Waals surface area contributed by atoms with Gasteiger partial charge in [0.05, 0.1) is 20.3 Å². The zero-order valence-corrected chi connectivity index (χ0v) is 19.6. The summed E-state index contributed by atoms with van der Waals surface area (Å²) in [6, 6.07) is 13.3. The van der Waals surface area contributed by atoms with Crippen LogP contribution < -0.4 is 19.5 Å². The van der Waals surface area contributed by atoms with Gasteiger partial charge in [-0.2, -0.15) is 5.26 Å². The molecule has 0 unspecified atom stereocenters. The van der Waals surface area contributed by atoms with Crippen molar-refractivity contribution in [2.24, 2.45) is 0 Å². The van der Waals surface area contributed by atoms with E-state index in [2.05, 4.69) is 23.3 Å². The van der Waals surface area contributed by atoms with Gasteiger partial charge in [0.15, 0.2) is 16.6 Å². The summed E-state index contributed by atoms with van der Waals surface area (Å²) >= 11 is 1.28. The summed E-state index contributed by atoms with van der Waals surface area (Å²) in [7, 11) is 1.54. The SMILES string of the molecule is COc1cc(/C=C(/C#N)C(=O)Nc2nccs2)ccc1OCCCOc1ccc(C)cc1C. The highest BCUT2D eigenvalue weighted by molar-refractivity contribution is 7.13. The molecule has 3 aromatic rings. The summed E-state index contributed by atoms with van der Waals surface area (Å²) in [4.78, 5) is 16.3. The van der Waals surface area contributed by atoms with Crippen molar-refractivity contribution >= 4 is 28.5 Å². The fraction of sp³-hybridized carbons (Fsp3) is 0.240. The normalized spacial score (nSPS) is 10.9. The molecule has 0 saturated heterocycles. The number of ether oxygens (including phenoxy) is 3. The lowest BCUT2D eigenvalue weighted by atomic mass is 10.1. The van der Waals surface area contributed by atoms with Crippen molar-refractivity contribution in [1.82, 2.24) is 4.98 Å². The summed E-state index contributed by atoms with van der Waals surface area (Å²) < 4.78 is 17.1. The number of rotatable bonds is 10. The lowest BCUT2D eigenvalue weighted by Gasteiger charge is -2.13. The molecule has 0 saturated carbocycles. The van der Waals surface area contributed by atoms with Crippen LogP contribution in [-0.4, -0.2) is 31.2 Å². The van der Waals surface area contributed by atoms with Crippen LogP contribution >= 0.6 is 11.3 Å². The smallest absolute Gasteiger partial charge is 0.268 e. The third-order valence-corrected chi connectivity index (χ3v) is 5.34. The molecule has 0 aliphatic heterocycles. The molecule has 0 bridgehead atoms. The van der Waals surface area contributed by atoms with E-state index < -0.39 is 5.91 Å². The summed E-state index contributed by atoms with van der Waals surface area (Å²) in [6.07, 6.45) is 3.77. The fourth-order valence-corrected chi connectivity index (χ4v) is 3.57. The number of thiazole rings is 1. The standard InChI is InChI=1S/C25H25N3O4S/c1-17-5-7-21(18(2)13-17)31-10-4-11-32-22-8-6-19(15-23(22)30-3)14-20(16-26)24(29)28-25-27-9-12-33-25/h5-9,12-15H,4,10-11H2,1-3H3,(H,27,28,29)/b20-14-. The first-order valence-electron chi connectivity index (χ1n) is 10.3. The number of methoxy groups -OCH3 is 1. The summed E-state index contributed by atoms with van der Waals surface area (Å²) in [5, 5.41) is 14.2. The van der Waals surface area contributed by atoms with E-state index in [0.29, 0.717) is 41.8 Å². The second-order valence-corrected chi connectivity index (χ2v) is 8.09. The van der Waals surface area contributed by atoms with Crippen LogP contribution in [0.4, 0.5) is 5.13 Å². The summed E-state index contributed by atoms with van der Waals surface area (Å²) in [6.45, 7) is 5.07. The first-order valence-corrected chi connectivity index (χ1v) is 11.2. The van der Waals surface area contributed by atoms with E-state index in [9.17, 15) is 10.1 Å². The van der Waals surface area contributed by atoms with Crippen LogP contribution in [-0.2, 0) is 4.79 Å². The number of nitrogens with zero attached hydrogens (tertiary/aromatic N) is 2. The largest absolute Gasteiger partial charge is 0.493 e. The number of anilines is 1. The molecular formula is C25H25N3O4S. The number of hydrogen-bond donors (Lipinski definition) is 1. The van der Waals surface area contributed by atoms with Crippen LogP contribution in [0.15, 0.2) is 53.5 Å². The number of hydrogen-bond acceptors (Lipinski definition) is 7. The molecule has 1 N–H and O–H groups in total. The van der Waals surface area contributed by atoms with Crippen molar-refractivity contribution in [3.63, 3.8) is 0 Å². The first kappa shape index (κ1) is 23.8. The summed E-state index contributed by atoms with van der Waals surface area (Å²) in [5.74, 6) is 1.45. The highest BCUT2D eigenvalue weighted by atomic mass is 32.1. The van der Waals surface area contributed by atoms with Crippen LogP contribution in [0.5, 0.6) is 17.2 Å². The van der Waals surface area contributed by atoms with Gasteiger partial charge in [0, 0.05) is 18.0 Å². The third-order valence-electron chi connectivity index (χ3n) is 4.65. The molecule has 0 radical (unpaired) electrons. The third kappa shape index (κ3) is 6.82. The zero-order valence-electron chi connectivity index (χ0n) is 18.8. The van der Waals surface area contributed by atoms with Crippen molar-refractivity contribution in [2.75, 3.05) is 25.6 Å². The van der Waals surface area contributed by atoms with E-state index >= 15 is 0 Å². The topological polar surface area (TPSA) is 93.5 Å². The maximum Gasteiger partial charge on any atom is 0.268 e. The first-order chi connectivity index (χ1) is 16.0. The molecule has 3 rings (SSSR count). The molecule has 0 aliphatic carbocycles. The summed E-state index contributed by atoms with van der Waals surface area (Å²) in [5.41, 5.74) is 2.92. The highest BCUT2D eigenvalue weighted by Crippen LogP contribution is 2.29. The molecular weight excluding hydrogens is 438 g/mol. The van der Waals surface area contributed by atoms with E-state index in [1.54, 1.807) is 36.9 Å². The van der Waals surface area contributed by atoms with E-state index in [4.69, 9.17) is 14.2 Å². The van der Waals surface area contributed by atoms with Gasteiger partial charge >= 0.3 is 0 Å². The minimum atomic E-state index is -0.518. The van der Waals surface area contributed by atoms with Gasteiger partial charge in [-0.1, -0.05) is 23.8 Å². The Bertz CT molecular complexity index is 1170. The van der Waals surface area contributed by atoms with Crippen LogP contribution in [0.1, 0.15) is 23.1 Å². The Kier molecular flexibility index (Phi) is 8.44.